The summed E-state index contributed by atoms with van der Waals surface area (Å²) in [6.45, 7) is 2.98. The topological polar surface area (TPSA) is 84.9 Å². The number of fused-ring (bicyclic) bond motifs is 1. The van der Waals surface area contributed by atoms with Crippen molar-refractivity contribution < 1.29 is 14.3 Å². The van der Waals surface area contributed by atoms with Crippen LogP contribution in [0.4, 0.5) is 0 Å². The molecule has 0 aliphatic rings. The van der Waals surface area contributed by atoms with Gasteiger partial charge in [0.1, 0.15) is 10.6 Å². The molecule has 6 nitrogen and oxygen atoms in total. The molecule has 3 rings (SSSR count). The molecule has 0 radical (unpaired) electrons. The van der Waals surface area contributed by atoms with Gasteiger partial charge in [-0.1, -0.05) is 16.1 Å². The Bertz CT molecular complexity index is 900. The van der Waals surface area contributed by atoms with Crippen molar-refractivity contribution in [3.05, 3.63) is 39.5 Å². The van der Waals surface area contributed by atoms with Gasteiger partial charge in [-0.05, 0) is 36.7 Å². The summed E-state index contributed by atoms with van der Waals surface area (Å²) in [7, 11) is 0. The van der Waals surface area contributed by atoms with Crippen LogP contribution in [0.5, 0.6) is 5.75 Å². The second kappa shape index (κ2) is 5.51. The molecule has 0 fully saturated rings. The quantitative estimate of drug-likeness (QED) is 0.587. The molecule has 3 aromatic rings. The van der Waals surface area contributed by atoms with E-state index in [1.54, 1.807) is 25.1 Å². The molecule has 0 saturated carbocycles. The van der Waals surface area contributed by atoms with E-state index < -0.39 is 5.97 Å². The van der Waals surface area contributed by atoms with Crippen molar-refractivity contribution in [2.45, 2.75) is 13.8 Å². The number of esters is 1. The molecule has 0 spiro atoms. The first-order valence-corrected chi connectivity index (χ1v) is 7.46. The minimum atomic E-state index is -0.510. The first-order valence-electron chi connectivity index (χ1n) is 6.30. The van der Waals surface area contributed by atoms with E-state index in [4.69, 9.17) is 16.3 Å². The molecule has 1 N–H and O–H groups in total. The molecule has 0 bridgehead atoms. The van der Waals surface area contributed by atoms with Crippen LogP contribution in [0.1, 0.15) is 28.0 Å². The summed E-state index contributed by atoms with van der Waals surface area (Å²) in [4.78, 5) is 27.4. The molecule has 2 aromatic heterocycles. The second-order valence-corrected chi connectivity index (χ2v) is 5.82. The molecule has 22 heavy (non-hydrogen) atoms. The van der Waals surface area contributed by atoms with E-state index in [0.29, 0.717) is 26.5 Å². The normalized spacial score (nSPS) is 10.9. The van der Waals surface area contributed by atoms with Gasteiger partial charge in [0.15, 0.2) is 5.75 Å². The highest BCUT2D eigenvalue weighted by atomic mass is 35.5. The summed E-state index contributed by atoms with van der Waals surface area (Å²) < 4.78 is 8.98. The van der Waals surface area contributed by atoms with Crippen molar-refractivity contribution >= 4 is 45.8 Å². The number of nitrogens with zero attached hydrogens (tertiary/aromatic N) is 2. The molecule has 0 unspecified atom stereocenters. The molecule has 0 atom stereocenters. The summed E-state index contributed by atoms with van der Waals surface area (Å²) in [5.41, 5.74) is 1.32. The van der Waals surface area contributed by atoms with E-state index in [2.05, 4.69) is 14.6 Å². The van der Waals surface area contributed by atoms with Crippen molar-refractivity contribution in [3.8, 4) is 5.75 Å². The predicted octanol–water partition coefficient (Wildman–Crippen LogP) is 3.14. The van der Waals surface area contributed by atoms with Gasteiger partial charge in [0.25, 0.3) is 0 Å². The number of benzene rings is 1. The van der Waals surface area contributed by atoms with E-state index in [1.807, 2.05) is 0 Å². The molecule has 8 heteroatoms. The third-order valence-electron chi connectivity index (χ3n) is 3.04. The van der Waals surface area contributed by atoms with Crippen LogP contribution >= 0.6 is 23.1 Å². The minimum absolute atomic E-state index is 0.182. The summed E-state index contributed by atoms with van der Waals surface area (Å²) >= 11 is 6.96. The lowest BCUT2D eigenvalue weighted by Crippen LogP contribution is -2.08. The van der Waals surface area contributed by atoms with Crippen molar-refractivity contribution in [2.75, 3.05) is 0 Å². The van der Waals surface area contributed by atoms with Gasteiger partial charge in [-0.15, -0.1) is 5.10 Å². The summed E-state index contributed by atoms with van der Waals surface area (Å²) in [5.74, 6) is -0.642. The first kappa shape index (κ1) is 14.7. The smallest absolute Gasteiger partial charge is 0.308 e. The van der Waals surface area contributed by atoms with Crippen LogP contribution in [0.15, 0.2) is 18.2 Å². The average Bonchev–Trinajstić information content (AvgIpc) is 3.02. The average molecular weight is 336 g/mol. The lowest BCUT2D eigenvalue weighted by atomic mass is 10.2. The van der Waals surface area contributed by atoms with Crippen LogP contribution < -0.4 is 4.74 Å². The van der Waals surface area contributed by atoms with Crippen molar-refractivity contribution in [1.29, 1.82) is 0 Å². The minimum Gasteiger partial charge on any atom is -0.424 e. The summed E-state index contributed by atoms with van der Waals surface area (Å²) in [6.07, 6.45) is 0. The van der Waals surface area contributed by atoms with Crippen LogP contribution in [0.3, 0.4) is 0 Å². The van der Waals surface area contributed by atoms with Gasteiger partial charge >= 0.3 is 5.97 Å². The van der Waals surface area contributed by atoms with E-state index in [1.165, 1.54) is 6.92 Å². The Morgan fingerprint density at radius 3 is 2.77 bits per heavy atom. The fraction of sp³-hybridized carbons (Fsp3) is 0.143. The molecular weight excluding hydrogens is 326 g/mol. The fourth-order valence-corrected chi connectivity index (χ4v) is 2.88. The first-order chi connectivity index (χ1) is 10.5. The lowest BCUT2D eigenvalue weighted by Gasteiger charge is -2.02. The number of aromatic amines is 1. The van der Waals surface area contributed by atoms with Crippen LogP contribution in [0.25, 0.3) is 10.9 Å². The van der Waals surface area contributed by atoms with E-state index >= 15 is 0 Å². The number of hydrogen-bond acceptors (Lipinski definition) is 6. The number of hydrogen-bond donors (Lipinski definition) is 1. The van der Waals surface area contributed by atoms with Crippen molar-refractivity contribution in [1.82, 2.24) is 14.6 Å². The van der Waals surface area contributed by atoms with Crippen molar-refractivity contribution in [2.24, 2.45) is 0 Å². The Hall–Kier alpha value is -2.25. The number of rotatable bonds is 3. The van der Waals surface area contributed by atoms with Gasteiger partial charge in [0, 0.05) is 17.3 Å². The number of carbonyl (C=O) groups excluding carboxylic acids is 2. The van der Waals surface area contributed by atoms with Gasteiger partial charge in [-0.2, -0.15) is 0 Å². The van der Waals surface area contributed by atoms with Crippen molar-refractivity contribution in [3.63, 3.8) is 0 Å². The zero-order chi connectivity index (χ0) is 15.9. The fourth-order valence-electron chi connectivity index (χ4n) is 2.11. The summed E-state index contributed by atoms with van der Waals surface area (Å²) in [5, 5.41) is 4.95. The number of carbonyl (C=O) groups is 2. The molecule has 112 valence electrons. The van der Waals surface area contributed by atoms with E-state index in [-0.39, 0.29) is 17.2 Å². The molecule has 0 aliphatic carbocycles. The van der Waals surface area contributed by atoms with Crippen LogP contribution in [-0.2, 0) is 4.79 Å². The Morgan fingerprint density at radius 2 is 2.14 bits per heavy atom. The molecule has 2 heterocycles. The third-order valence-corrected chi connectivity index (χ3v) is 4.11. The van der Waals surface area contributed by atoms with Crippen LogP contribution in [0, 0.1) is 6.92 Å². The maximum atomic E-state index is 12.7. The SMILES string of the molecule is CC(=O)Oc1c(C(=O)c2snnc2C)[nH]c2cc(Cl)ccc12. The monoisotopic (exact) mass is 335 g/mol. The number of aryl methyl sites for hydroxylation is 1. The van der Waals surface area contributed by atoms with Crippen LogP contribution in [-0.4, -0.2) is 26.3 Å². The molecule has 1 aromatic carbocycles. The highest BCUT2D eigenvalue weighted by molar-refractivity contribution is 7.08. The largest absolute Gasteiger partial charge is 0.424 e. The van der Waals surface area contributed by atoms with Gasteiger partial charge in [0.05, 0.1) is 11.2 Å². The zero-order valence-electron chi connectivity index (χ0n) is 11.6. The highest BCUT2D eigenvalue weighted by Crippen LogP contribution is 2.34. The Kier molecular flexibility index (Phi) is 3.67. The molecule has 0 aliphatic heterocycles. The van der Waals surface area contributed by atoms with E-state index in [9.17, 15) is 9.59 Å². The van der Waals surface area contributed by atoms with Gasteiger partial charge in [-0.25, -0.2) is 0 Å². The lowest BCUT2D eigenvalue weighted by molar-refractivity contribution is -0.131. The third kappa shape index (κ3) is 2.49. The van der Waals surface area contributed by atoms with Crippen LogP contribution in [0.2, 0.25) is 5.02 Å². The highest BCUT2D eigenvalue weighted by Gasteiger charge is 2.24. The maximum absolute atomic E-state index is 12.7. The number of halogens is 1. The maximum Gasteiger partial charge on any atom is 0.308 e. The predicted molar refractivity (Wildman–Crippen MR) is 82.7 cm³/mol. The molecule has 0 saturated heterocycles. The standard InChI is InChI=1S/C14H10ClN3O3S/c1-6-14(22-18-17-6)12(20)11-13(21-7(2)19)9-4-3-8(15)5-10(9)16-11/h3-5,16H,1-2H3. The number of H-pyrrole nitrogens is 1. The Morgan fingerprint density at radius 1 is 1.36 bits per heavy atom. The number of ether oxygens (including phenoxy) is 1. The second-order valence-electron chi connectivity index (χ2n) is 4.63. The zero-order valence-corrected chi connectivity index (χ0v) is 13.2. The molecular formula is C14H10ClN3O3S. The van der Waals surface area contributed by atoms with Gasteiger partial charge in [0.2, 0.25) is 5.78 Å². The molecule has 0 amide bonds. The summed E-state index contributed by atoms with van der Waals surface area (Å²) in [6, 6.07) is 5.03. The van der Waals surface area contributed by atoms with E-state index in [0.717, 1.165) is 11.5 Å². The van der Waals surface area contributed by atoms with Gasteiger partial charge in [-0.3, -0.25) is 9.59 Å². The number of aromatic nitrogens is 3. The van der Waals surface area contributed by atoms with Gasteiger partial charge < -0.3 is 9.72 Å². The number of nitrogens with one attached hydrogen (secondary N) is 1. The Balaban J connectivity index is 2.21. The Labute approximate surface area is 134 Å². The number of ketones is 1.